The Hall–Kier alpha value is -1.60. The van der Waals surface area contributed by atoms with E-state index in [1.807, 2.05) is 12.1 Å². The first-order valence-corrected chi connectivity index (χ1v) is 14.4. The van der Waals surface area contributed by atoms with Gasteiger partial charge in [-0.15, -0.1) is 0 Å². The Bertz CT molecular complexity index is 1000. The molecule has 1 saturated heterocycles. The van der Waals surface area contributed by atoms with Crippen molar-refractivity contribution in [2.24, 2.45) is 0 Å². The number of nitrogens with one attached hydrogen (secondary N) is 1. The minimum absolute atomic E-state index is 0.0895. The van der Waals surface area contributed by atoms with Crippen LogP contribution in [-0.4, -0.2) is 37.8 Å². The van der Waals surface area contributed by atoms with Gasteiger partial charge in [0.15, 0.2) is 0 Å². The fourth-order valence-electron chi connectivity index (χ4n) is 4.46. The molecule has 0 saturated carbocycles. The quantitative estimate of drug-likeness (QED) is 0.750. The van der Waals surface area contributed by atoms with E-state index >= 15 is 0 Å². The van der Waals surface area contributed by atoms with Crippen LogP contribution >= 0.6 is 11.8 Å². The van der Waals surface area contributed by atoms with E-state index in [0.717, 1.165) is 17.8 Å². The summed E-state index contributed by atoms with van der Waals surface area (Å²) in [4.78, 5) is 24.0. The molecule has 3 aliphatic rings. The number of amides is 2. The second-order valence-corrected chi connectivity index (χ2v) is 16.6. The molecule has 26 heavy (non-hydrogen) atoms. The number of carbonyl (C=O) groups is 2. The standard InChI is InChI=1S/C19H12F2NO2S.In/c20-15-8-12(9-16(21)11-15)4-3-7-13-5-1-2-6-14(13)10-17-18(23)22-19(24)25-17;/h1-2,6-11,17H,4H2,(H,22,23,24);. The molecule has 2 atom stereocenters. The summed E-state index contributed by atoms with van der Waals surface area (Å²) in [6.07, 6.45) is 2.66. The van der Waals surface area contributed by atoms with Crippen LogP contribution in [0.4, 0.5) is 13.6 Å². The third-order valence-corrected chi connectivity index (χ3v) is 18.1. The molecule has 2 unspecified atom stereocenters. The predicted molar refractivity (Wildman–Crippen MR) is 97.5 cm³/mol. The van der Waals surface area contributed by atoms with Gasteiger partial charge in [0.05, 0.1) is 0 Å². The monoisotopic (exact) mass is 471 g/mol. The van der Waals surface area contributed by atoms with Crippen LogP contribution in [0.25, 0.3) is 6.08 Å². The molecular formula is C19H12F2InNO2S. The normalized spacial score (nSPS) is 22.8. The molecule has 5 rings (SSSR count). The average molecular weight is 471 g/mol. The number of thioether (sulfide) groups is 1. The molecule has 1 N–H and O–H groups in total. The summed E-state index contributed by atoms with van der Waals surface area (Å²) in [6, 6.07) is 9.79. The van der Waals surface area contributed by atoms with E-state index in [-0.39, 0.29) is 20.1 Å². The first kappa shape index (κ1) is 16.6. The van der Waals surface area contributed by atoms with Crippen LogP contribution in [0.2, 0.25) is 0 Å². The Morgan fingerprint density at radius 2 is 1.88 bits per heavy atom. The van der Waals surface area contributed by atoms with Gasteiger partial charge in [-0.05, 0) is 0 Å². The van der Waals surface area contributed by atoms with E-state index in [9.17, 15) is 18.4 Å². The van der Waals surface area contributed by atoms with Gasteiger partial charge < -0.3 is 0 Å². The van der Waals surface area contributed by atoms with Gasteiger partial charge in [0, 0.05) is 0 Å². The Kier molecular flexibility index (Phi) is 3.79. The summed E-state index contributed by atoms with van der Waals surface area (Å²) in [5.74, 6) is -1.36. The van der Waals surface area contributed by atoms with Gasteiger partial charge in [-0.2, -0.15) is 0 Å². The number of hydrogen-bond donors (Lipinski definition) is 1. The van der Waals surface area contributed by atoms with Gasteiger partial charge >= 0.3 is 161 Å². The van der Waals surface area contributed by atoms with Crippen molar-refractivity contribution in [3.8, 4) is 0 Å². The molecular weight excluding hydrogens is 459 g/mol. The van der Waals surface area contributed by atoms with Crippen molar-refractivity contribution < 1.29 is 18.4 Å². The van der Waals surface area contributed by atoms with Gasteiger partial charge in [0.25, 0.3) is 0 Å². The molecule has 0 spiro atoms. The van der Waals surface area contributed by atoms with Gasteiger partial charge in [0.2, 0.25) is 0 Å². The topological polar surface area (TPSA) is 46.2 Å². The van der Waals surface area contributed by atoms with Crippen molar-refractivity contribution >= 4 is 53.7 Å². The molecule has 3 nitrogen and oxygen atoms in total. The van der Waals surface area contributed by atoms with E-state index in [0.29, 0.717) is 12.0 Å². The molecule has 128 valence electrons. The first-order valence-electron chi connectivity index (χ1n) is 8.31. The van der Waals surface area contributed by atoms with Crippen molar-refractivity contribution in [3.05, 3.63) is 68.1 Å². The van der Waals surface area contributed by atoms with Crippen LogP contribution in [0.5, 0.6) is 0 Å². The zero-order chi connectivity index (χ0) is 18.0. The zero-order valence-electron chi connectivity index (χ0n) is 13.5. The molecule has 2 aromatic carbocycles. The molecule has 1 fully saturated rings. The van der Waals surface area contributed by atoms with Crippen molar-refractivity contribution in [1.82, 2.24) is 5.32 Å². The van der Waals surface area contributed by atoms with Crippen LogP contribution < -0.4 is 8.64 Å². The number of hydrogen-bond acceptors (Lipinski definition) is 3. The van der Waals surface area contributed by atoms with E-state index in [1.165, 1.54) is 29.9 Å². The van der Waals surface area contributed by atoms with E-state index < -0.39 is 33.1 Å². The Morgan fingerprint density at radius 1 is 1.12 bits per heavy atom. The van der Waals surface area contributed by atoms with Gasteiger partial charge in [-0.3, -0.25) is 0 Å². The zero-order valence-corrected chi connectivity index (χ0v) is 17.6. The fourth-order valence-corrected chi connectivity index (χ4v) is 18.8. The number of allylic oxidation sites excluding steroid dienone is 1. The fraction of sp³-hybridized carbons (Fsp3) is 0.158. The number of halogens is 2. The van der Waals surface area contributed by atoms with Crippen LogP contribution in [0.1, 0.15) is 20.4 Å². The summed E-state index contributed by atoms with van der Waals surface area (Å²) in [5, 5.41) is 1.73. The van der Waals surface area contributed by atoms with Crippen molar-refractivity contribution in [3.63, 3.8) is 0 Å². The van der Waals surface area contributed by atoms with Gasteiger partial charge in [-0.1, -0.05) is 0 Å². The van der Waals surface area contributed by atoms with E-state index in [4.69, 9.17) is 0 Å². The molecule has 2 aromatic rings. The molecule has 0 aromatic heterocycles. The molecule has 0 aliphatic carbocycles. The Morgan fingerprint density at radius 3 is 2.54 bits per heavy atom. The van der Waals surface area contributed by atoms with Crippen LogP contribution in [0, 0.1) is 11.6 Å². The summed E-state index contributed by atoms with van der Waals surface area (Å²) in [6.45, 7) is 0. The number of imide groups is 1. The van der Waals surface area contributed by atoms with Crippen LogP contribution in [0.3, 0.4) is 0 Å². The van der Waals surface area contributed by atoms with Crippen LogP contribution in [-0.2, 0) is 11.2 Å². The average Bonchev–Trinajstić information content (AvgIpc) is 3.12. The second kappa shape index (κ2) is 5.96. The third-order valence-electron chi connectivity index (χ3n) is 5.33. The molecule has 4 bridgehead atoms. The number of benzene rings is 2. The van der Waals surface area contributed by atoms with Crippen LogP contribution in [0.15, 0.2) is 39.7 Å². The molecule has 3 heterocycles. The van der Waals surface area contributed by atoms with Gasteiger partial charge in [0.1, 0.15) is 0 Å². The van der Waals surface area contributed by atoms with E-state index in [1.54, 1.807) is 0 Å². The van der Waals surface area contributed by atoms with Gasteiger partial charge in [-0.25, -0.2) is 0 Å². The molecule has 7 heteroatoms. The maximum absolute atomic E-state index is 13.6. The second-order valence-electron chi connectivity index (χ2n) is 6.84. The van der Waals surface area contributed by atoms with Crippen molar-refractivity contribution in [1.29, 1.82) is 0 Å². The number of rotatable bonds is 3. The Labute approximate surface area is 160 Å². The molecule has 3 aliphatic heterocycles. The molecule has 0 radical (unpaired) electrons. The predicted octanol–water partition coefficient (Wildman–Crippen LogP) is 2.83. The van der Waals surface area contributed by atoms with Crippen molar-refractivity contribution in [2.75, 3.05) is 0 Å². The Balaban J connectivity index is 1.53. The minimum atomic E-state index is -2.61. The summed E-state index contributed by atoms with van der Waals surface area (Å²) in [7, 11) is 0. The SMILES string of the molecule is O=C1NC(=O)C([CH]2c3ccc[c]4c3C=[C](Cc3cc(F)cc(F)c3)[In]42)S1. The summed E-state index contributed by atoms with van der Waals surface area (Å²) in [5.41, 5.74) is 2.96. The molecule has 2 amide bonds. The number of carbonyl (C=O) groups excluding carboxylic acids is 2. The summed E-state index contributed by atoms with van der Waals surface area (Å²) < 4.78 is 29.8. The van der Waals surface area contributed by atoms with E-state index in [2.05, 4.69) is 17.5 Å². The third kappa shape index (κ3) is 2.47. The maximum atomic E-state index is 13.6. The first-order chi connectivity index (χ1) is 12.5. The van der Waals surface area contributed by atoms with Crippen molar-refractivity contribution in [2.45, 2.75) is 15.3 Å². The summed E-state index contributed by atoms with van der Waals surface area (Å²) >= 11 is -1.53.